The maximum atomic E-state index is 15.8. The molecule has 0 spiro atoms. The Morgan fingerprint density at radius 3 is 1.80 bits per heavy atom. The Morgan fingerprint density at radius 1 is 0.562 bits per heavy atom. The Kier molecular flexibility index (Phi) is 37.5. The number of fused-ring (bicyclic) bond motifs is 11. The van der Waals surface area contributed by atoms with Crippen molar-refractivity contribution >= 4 is 140 Å². The molecule has 706 valence electrons. The lowest BCUT2D eigenvalue weighted by atomic mass is 9.88. The van der Waals surface area contributed by atoms with Crippen molar-refractivity contribution < 1.29 is 96.8 Å². The number of nitrogens with two attached hydrogens (primary N) is 2. The van der Waals surface area contributed by atoms with Crippen molar-refractivity contribution in [1.29, 1.82) is 5.41 Å². The molecule has 4 saturated heterocycles. The molecule has 15 amide bonds. The number of aliphatic hydroxyl groups excluding tert-OH is 2. The SMILES string of the molecule is CCCC[C@H]1C(=O)N(C)[C@@H](CCCC)C(=O)N[C@@H](CCCNC(=N)N)C(=O)N[C@H](C(=O)NCC(N)=O)CSCC(=O)N[C@@H](Cc2ccc(O)cc2)C(=O)N(C)[C@@H](C)C(=O)N[C@H]2CCNC(=O)CC[C@H](NC(=O)[C@H](C)NC(=O)[C@@H]3CCCN3C2=O)C(=O)N2C[C@H](O)C[C@H]2C(=O)C[C@@H](Cc2c[nH]c3ccccc23)C(=O)N[C@@H](CO)C(=O)C[C@@H](Cc2c[nH]c3ccccc23)C(=O)N1C. The smallest absolute Gasteiger partial charge is 0.245 e. The molecule has 2 bridgehead atoms. The normalized spacial score (nSPS) is 26.0. The summed E-state index contributed by atoms with van der Waals surface area (Å²) in [5.74, 6) is -18.7. The number of para-hydroxylation sites is 2. The number of benzene rings is 3. The summed E-state index contributed by atoms with van der Waals surface area (Å²) in [6.45, 7) is 3.82. The number of guanidine groups is 1. The molecule has 0 radical (unpaired) electrons. The van der Waals surface area contributed by atoms with Crippen molar-refractivity contribution in [2.75, 3.05) is 72.0 Å². The molecule has 4 aliphatic heterocycles. The number of primary amides is 1. The molecule has 20 N–H and O–H groups in total. The number of aromatic nitrogens is 2. The minimum atomic E-state index is -1.75. The average Bonchev–Trinajstić information content (AvgIpc) is 1.62. The number of amides is 15. The number of phenolic OH excluding ortho intramolecular Hbond substituents is 1. The van der Waals surface area contributed by atoms with E-state index in [0.29, 0.717) is 64.2 Å². The van der Waals surface area contributed by atoms with Gasteiger partial charge in [-0.25, -0.2) is 0 Å². The van der Waals surface area contributed by atoms with Gasteiger partial charge in [0.1, 0.15) is 72.2 Å². The number of hydrogen-bond donors (Lipinski definition) is 18. The minimum absolute atomic E-state index is 0.00172. The molecule has 5 aromatic rings. The molecular weight excluding hydrogens is 1700 g/mol. The summed E-state index contributed by atoms with van der Waals surface area (Å²) in [7, 11) is 4.02. The van der Waals surface area contributed by atoms with Crippen LogP contribution in [0.4, 0.5) is 0 Å². The molecule has 130 heavy (non-hydrogen) atoms. The first-order valence-corrected chi connectivity index (χ1v) is 45.4. The molecule has 40 nitrogen and oxygen atoms in total. The third-order valence-electron chi connectivity index (χ3n) is 24.4. The quantitative estimate of drug-likeness (QED) is 0.0244. The molecule has 0 aliphatic carbocycles. The highest BCUT2D eigenvalue weighted by molar-refractivity contribution is 8.00. The number of carbonyl (C=O) groups excluding carboxylic acids is 17. The van der Waals surface area contributed by atoms with Gasteiger partial charge in [-0.1, -0.05) is 88.1 Å². The molecular formula is C89H124N20O20S. The number of Topliss-reactive ketones (excluding diaryl/α,β-unsaturated/α-hetero) is 2. The molecule has 4 aliphatic rings. The van der Waals surface area contributed by atoms with Gasteiger partial charge >= 0.3 is 0 Å². The first-order valence-electron chi connectivity index (χ1n) is 44.2. The minimum Gasteiger partial charge on any atom is -0.508 e. The van der Waals surface area contributed by atoms with Crippen LogP contribution in [0.3, 0.4) is 0 Å². The van der Waals surface area contributed by atoms with Crippen molar-refractivity contribution in [1.82, 2.24) is 87.6 Å². The number of unbranched alkanes of at least 4 members (excludes halogenated alkanes) is 2. The van der Waals surface area contributed by atoms with Crippen LogP contribution >= 0.6 is 11.8 Å². The Hall–Kier alpha value is -12.5. The number of H-pyrrole nitrogens is 2. The van der Waals surface area contributed by atoms with E-state index in [9.17, 15) is 63.3 Å². The number of nitrogens with zero attached hydrogens (tertiary/aromatic N) is 5. The van der Waals surface area contributed by atoms with E-state index in [4.69, 9.17) is 16.9 Å². The number of aromatic amines is 2. The summed E-state index contributed by atoms with van der Waals surface area (Å²) < 4.78 is 0. The largest absolute Gasteiger partial charge is 0.508 e. The first kappa shape index (κ1) is 101. The van der Waals surface area contributed by atoms with Crippen LogP contribution < -0.4 is 64.6 Å². The van der Waals surface area contributed by atoms with Crippen LogP contribution in [0.1, 0.15) is 147 Å². The Balaban J connectivity index is 1.10. The number of thioether (sulfide) groups is 1. The average molecular weight is 1830 g/mol. The Bertz CT molecular complexity index is 4930. The Labute approximate surface area is 757 Å². The number of nitrogens with one attached hydrogen (secondary N) is 13. The number of rotatable bonds is 20. The number of aromatic hydroxyl groups is 1. The molecule has 4 fully saturated rings. The van der Waals surface area contributed by atoms with Crippen LogP contribution in [-0.4, -0.2) is 307 Å². The van der Waals surface area contributed by atoms with Gasteiger partial charge in [-0.05, 0) is 119 Å². The van der Waals surface area contributed by atoms with Gasteiger partial charge in [-0.2, -0.15) is 0 Å². The molecule has 41 heteroatoms. The zero-order chi connectivity index (χ0) is 94.7. The number of hydrogen-bond acceptors (Lipinski definition) is 22. The fourth-order valence-electron chi connectivity index (χ4n) is 16.8. The Morgan fingerprint density at radius 2 is 1.16 bits per heavy atom. The molecule has 9 rings (SSSR count). The molecule has 6 heterocycles. The van der Waals surface area contributed by atoms with Crippen LogP contribution in [0.25, 0.3) is 21.8 Å². The summed E-state index contributed by atoms with van der Waals surface area (Å²) in [6.07, 6.45) is 0.397. The summed E-state index contributed by atoms with van der Waals surface area (Å²) in [6, 6.07) is 2.15. The first-order chi connectivity index (χ1) is 62.0. The lowest BCUT2D eigenvalue weighted by Gasteiger charge is -2.36. The zero-order valence-corrected chi connectivity index (χ0v) is 75.2. The van der Waals surface area contributed by atoms with Crippen molar-refractivity contribution in [3.8, 4) is 5.75 Å². The van der Waals surface area contributed by atoms with Gasteiger partial charge in [0.2, 0.25) is 88.6 Å². The lowest BCUT2D eigenvalue weighted by Crippen LogP contribution is -2.59. The number of ketones is 2. The number of likely N-dealkylation sites (N-methyl/N-ethyl adjacent to an activating group) is 3. The second kappa shape index (κ2) is 48.2. The van der Waals surface area contributed by atoms with Gasteiger partial charge in [0, 0.05) is 131 Å². The fourth-order valence-corrected chi connectivity index (χ4v) is 17.7. The van der Waals surface area contributed by atoms with Gasteiger partial charge in [0.05, 0.1) is 31.1 Å². The summed E-state index contributed by atoms with van der Waals surface area (Å²) >= 11 is 0.783. The van der Waals surface area contributed by atoms with Crippen LogP contribution in [0.15, 0.2) is 85.2 Å². The van der Waals surface area contributed by atoms with Crippen LogP contribution in [-0.2, 0) is 101 Å². The summed E-state index contributed by atoms with van der Waals surface area (Å²) in [5.41, 5.74) is 13.9. The van der Waals surface area contributed by atoms with Crippen LogP contribution in [0.2, 0.25) is 0 Å². The van der Waals surface area contributed by atoms with E-state index in [1.54, 1.807) is 60.9 Å². The maximum Gasteiger partial charge on any atom is 0.245 e. The molecule has 15 atom stereocenters. The van der Waals surface area contributed by atoms with Gasteiger partial charge in [0.25, 0.3) is 0 Å². The lowest BCUT2D eigenvalue weighted by molar-refractivity contribution is -0.150. The second-order valence-electron chi connectivity index (χ2n) is 33.9. The molecule has 0 unspecified atom stereocenters. The van der Waals surface area contributed by atoms with E-state index < -0.39 is 253 Å². The maximum absolute atomic E-state index is 15.8. The fraction of sp³-hybridized carbons (Fsp3) is 0.551. The molecule has 2 aromatic heterocycles. The van der Waals surface area contributed by atoms with Crippen molar-refractivity contribution in [3.05, 3.63) is 102 Å². The standard InChI is InChI=1S/C89H124N20O20S/c1-8-10-23-68-82(123)100-62(22-16-33-94-89(91)92)81(122)104-67(80(121)97-44-74(90)115)47-130-48-76(117)99-65(36-51-26-28-56(111)29-27-51)85(126)105(5)50(4)78(119)102-64-32-34-93-75(116)31-30-63(101-77(118)49(3)98-83(124)69-25-17-35-108(69)86(64)127)87(128)109-45-57(112)41-71(109)73(114)39-52(37-54-42-95-60-20-14-12-18-58(54)60)79(120)103-66(46-110)72(113)40-53(38-55-43-96-61-21-15-13-19-59(55)61)84(125)107(7)70(24-11-9-2)88(129)106(68)6/h12-15,18-21,26-29,42-43,49-50,52-53,57,62-71,95-96,110-112H,8-11,16-17,22-25,30-41,44-48H2,1-7H3,(H2,90,115)(H,93,116)(H,97,121)(H,98,124)(H,99,117)(H,100,123)(H,101,118)(H,102,119)(H,103,120)(H,104,122)(H4,91,92,94)/t49-,50-,52+,53+,57+,62-,63-,64-,65-,66-,67-,68-,69-,70-,71-/m0/s1. The van der Waals surface area contributed by atoms with Crippen molar-refractivity contribution in [2.45, 2.75) is 228 Å². The summed E-state index contributed by atoms with van der Waals surface area (Å²) in [5, 5.41) is 68.5. The number of carbonyl (C=O) groups is 17. The van der Waals surface area contributed by atoms with E-state index in [0.717, 1.165) is 21.6 Å². The molecule has 0 saturated carbocycles. The number of aliphatic hydroxyl groups is 2. The van der Waals surface area contributed by atoms with Crippen molar-refractivity contribution in [2.24, 2.45) is 23.3 Å². The van der Waals surface area contributed by atoms with Gasteiger partial charge in [-0.15, -0.1) is 11.8 Å². The van der Waals surface area contributed by atoms with E-state index >= 15 is 33.6 Å². The highest BCUT2D eigenvalue weighted by Gasteiger charge is 2.46. The van der Waals surface area contributed by atoms with Gasteiger partial charge in [-0.3, -0.25) is 86.9 Å². The zero-order valence-electron chi connectivity index (χ0n) is 74.4. The van der Waals surface area contributed by atoms with Crippen molar-refractivity contribution in [3.63, 3.8) is 0 Å². The van der Waals surface area contributed by atoms with Crippen LogP contribution in [0.5, 0.6) is 5.75 Å². The second-order valence-corrected chi connectivity index (χ2v) is 34.9. The third kappa shape index (κ3) is 27.5. The topological polar surface area (TPSA) is 595 Å². The van der Waals surface area contributed by atoms with Gasteiger partial charge < -0.3 is 114 Å². The van der Waals surface area contributed by atoms with Gasteiger partial charge in [0.15, 0.2) is 17.5 Å². The van der Waals surface area contributed by atoms with E-state index in [1.807, 2.05) is 13.8 Å². The van der Waals surface area contributed by atoms with E-state index in [2.05, 4.69) is 63.1 Å². The van der Waals surface area contributed by atoms with E-state index in [1.165, 1.54) is 74.0 Å². The predicted molar refractivity (Wildman–Crippen MR) is 479 cm³/mol. The highest BCUT2D eigenvalue weighted by atomic mass is 32.2. The predicted octanol–water partition coefficient (Wildman–Crippen LogP) is -1.31. The van der Waals surface area contributed by atoms with Crippen LogP contribution in [0, 0.1) is 17.2 Å². The molecule has 3 aromatic carbocycles. The highest BCUT2D eigenvalue weighted by Crippen LogP contribution is 2.31. The number of phenols is 1. The third-order valence-corrected chi connectivity index (χ3v) is 25.4. The summed E-state index contributed by atoms with van der Waals surface area (Å²) in [4.78, 5) is 263. The van der Waals surface area contributed by atoms with E-state index in [-0.39, 0.29) is 96.0 Å². The monoisotopic (exact) mass is 1820 g/mol.